The Bertz CT molecular complexity index is 1080. The fraction of sp³-hybridized carbons (Fsp3) is 0.227. The van der Waals surface area contributed by atoms with Crippen LogP contribution in [0.4, 0.5) is 5.00 Å². The lowest BCUT2D eigenvalue weighted by Crippen LogP contribution is -3.10. The van der Waals surface area contributed by atoms with Crippen LogP contribution in [0, 0.1) is 0 Å². The predicted octanol–water partition coefficient (Wildman–Crippen LogP) is 4.05. The molecule has 148 valence electrons. The molecule has 4 nitrogen and oxygen atoms in total. The summed E-state index contributed by atoms with van der Waals surface area (Å²) in [5.74, 6) is -0.0289. The van der Waals surface area contributed by atoms with E-state index in [1.165, 1.54) is 20.9 Å². The lowest BCUT2D eigenvalue weighted by molar-refractivity contribution is -0.929. The molecule has 0 spiro atoms. The Hall–Kier alpha value is -2.05. The third-order valence-corrected chi connectivity index (χ3v) is 7.30. The van der Waals surface area contributed by atoms with Crippen molar-refractivity contribution in [3.8, 4) is 0 Å². The van der Waals surface area contributed by atoms with E-state index >= 15 is 0 Å². The Labute approximate surface area is 183 Å². The number of fused-ring (bicyclic) bond motifs is 3. The summed E-state index contributed by atoms with van der Waals surface area (Å²) in [6, 6.07) is 15.9. The highest BCUT2D eigenvalue weighted by atomic mass is 35.5. The minimum absolute atomic E-state index is 0.0289. The molecule has 1 unspecified atom stereocenters. The topological polar surface area (TPSA) is 45.6 Å². The van der Waals surface area contributed by atoms with Crippen molar-refractivity contribution in [3.05, 3.63) is 85.7 Å². The second-order valence-corrected chi connectivity index (χ2v) is 9.46. The summed E-state index contributed by atoms with van der Waals surface area (Å²) < 4.78 is 0. The van der Waals surface area contributed by atoms with Crippen molar-refractivity contribution in [2.75, 3.05) is 11.9 Å². The molecule has 2 aromatic carbocycles. The first-order valence-corrected chi connectivity index (χ1v) is 11.2. The second kappa shape index (κ2) is 7.65. The molecule has 7 heteroatoms. The average molecular weight is 445 g/mol. The number of hydrogen-bond donors (Lipinski definition) is 3. The van der Waals surface area contributed by atoms with E-state index in [2.05, 4.69) is 34.9 Å². The number of amides is 1. The smallest absolute Gasteiger partial charge is 0.256 e. The van der Waals surface area contributed by atoms with Crippen molar-refractivity contribution in [1.29, 1.82) is 0 Å². The highest BCUT2D eigenvalue weighted by Gasteiger charge is 2.35. The van der Waals surface area contributed by atoms with Gasteiger partial charge in [0.25, 0.3) is 5.91 Å². The SMILES string of the molecule is O=C1N[C@@H](c2ccc(Cl)cc2Cl)Nc2sc3c(c21)CC[NH+](Cc1ccccc1)C3. The molecule has 0 saturated heterocycles. The van der Waals surface area contributed by atoms with Crippen LogP contribution in [-0.2, 0) is 19.5 Å². The zero-order chi connectivity index (χ0) is 20.0. The first kappa shape index (κ1) is 18.9. The normalized spacial score (nSPS) is 20.4. The molecule has 0 bridgehead atoms. The number of nitrogens with one attached hydrogen (secondary N) is 3. The summed E-state index contributed by atoms with van der Waals surface area (Å²) in [5.41, 5.74) is 4.18. The van der Waals surface area contributed by atoms with Gasteiger partial charge in [-0.1, -0.05) is 59.6 Å². The monoisotopic (exact) mass is 444 g/mol. The molecule has 2 aliphatic heterocycles. The van der Waals surface area contributed by atoms with Crippen LogP contribution in [0.2, 0.25) is 10.0 Å². The second-order valence-electron chi connectivity index (χ2n) is 7.51. The van der Waals surface area contributed by atoms with E-state index < -0.39 is 0 Å². The van der Waals surface area contributed by atoms with Gasteiger partial charge in [-0.25, -0.2) is 0 Å². The van der Waals surface area contributed by atoms with Crippen molar-refractivity contribution in [1.82, 2.24) is 5.32 Å². The summed E-state index contributed by atoms with van der Waals surface area (Å²) in [6.45, 7) is 2.99. The molecule has 1 aromatic heterocycles. The van der Waals surface area contributed by atoms with E-state index in [-0.39, 0.29) is 12.1 Å². The van der Waals surface area contributed by atoms with Crippen molar-refractivity contribution in [2.45, 2.75) is 25.7 Å². The number of rotatable bonds is 3. The lowest BCUT2D eigenvalue weighted by Gasteiger charge is -2.28. The number of anilines is 1. The zero-order valence-corrected chi connectivity index (χ0v) is 17.9. The number of hydrogen-bond acceptors (Lipinski definition) is 3. The molecule has 0 radical (unpaired) electrons. The molecule has 2 atom stereocenters. The molecule has 1 amide bonds. The van der Waals surface area contributed by atoms with Gasteiger partial charge < -0.3 is 15.5 Å². The van der Waals surface area contributed by atoms with Gasteiger partial charge in [-0.2, -0.15) is 0 Å². The molecule has 3 heterocycles. The Balaban J connectivity index is 1.39. The highest BCUT2D eigenvalue weighted by Crippen LogP contribution is 2.40. The van der Waals surface area contributed by atoms with Gasteiger partial charge in [-0.05, 0) is 17.7 Å². The Morgan fingerprint density at radius 3 is 2.72 bits per heavy atom. The predicted molar refractivity (Wildman–Crippen MR) is 118 cm³/mol. The first-order valence-electron chi connectivity index (χ1n) is 9.63. The van der Waals surface area contributed by atoms with Crippen LogP contribution in [-0.4, -0.2) is 12.5 Å². The quantitative estimate of drug-likeness (QED) is 0.570. The zero-order valence-electron chi connectivity index (χ0n) is 15.6. The largest absolute Gasteiger partial charge is 0.353 e. The Morgan fingerprint density at radius 1 is 1.10 bits per heavy atom. The van der Waals surface area contributed by atoms with Crippen LogP contribution in [0.15, 0.2) is 48.5 Å². The van der Waals surface area contributed by atoms with Crippen LogP contribution in [0.1, 0.15) is 38.1 Å². The number of carbonyl (C=O) groups is 1. The molecule has 0 saturated carbocycles. The highest BCUT2D eigenvalue weighted by molar-refractivity contribution is 7.16. The average Bonchev–Trinajstić information content (AvgIpc) is 3.06. The molecule has 29 heavy (non-hydrogen) atoms. The molecule has 5 rings (SSSR count). The van der Waals surface area contributed by atoms with Gasteiger partial charge in [-0.15, -0.1) is 11.3 Å². The van der Waals surface area contributed by atoms with Crippen LogP contribution >= 0.6 is 34.5 Å². The summed E-state index contributed by atoms with van der Waals surface area (Å²) in [5, 5.41) is 8.59. The van der Waals surface area contributed by atoms with Gasteiger partial charge >= 0.3 is 0 Å². The van der Waals surface area contributed by atoms with Gasteiger partial charge in [0, 0.05) is 27.6 Å². The lowest BCUT2D eigenvalue weighted by atomic mass is 10.00. The summed E-state index contributed by atoms with van der Waals surface area (Å²) in [6.07, 6.45) is 0.567. The summed E-state index contributed by atoms with van der Waals surface area (Å²) in [4.78, 5) is 15.8. The maximum atomic E-state index is 12.9. The van der Waals surface area contributed by atoms with Crippen LogP contribution in [0.5, 0.6) is 0 Å². The van der Waals surface area contributed by atoms with E-state index in [4.69, 9.17) is 23.2 Å². The molecule has 0 fully saturated rings. The van der Waals surface area contributed by atoms with Crippen LogP contribution in [0.25, 0.3) is 0 Å². The Morgan fingerprint density at radius 2 is 1.93 bits per heavy atom. The molecular weight excluding hydrogens is 425 g/mol. The number of benzene rings is 2. The number of carbonyl (C=O) groups excluding carboxylic acids is 1. The minimum Gasteiger partial charge on any atom is -0.353 e. The van der Waals surface area contributed by atoms with Crippen molar-refractivity contribution < 1.29 is 9.69 Å². The molecule has 0 aliphatic carbocycles. The van der Waals surface area contributed by atoms with Gasteiger partial charge in [0.1, 0.15) is 24.3 Å². The maximum Gasteiger partial charge on any atom is 0.256 e. The molecule has 3 N–H and O–H groups in total. The van der Waals surface area contributed by atoms with Crippen molar-refractivity contribution >= 4 is 45.4 Å². The van der Waals surface area contributed by atoms with Crippen molar-refractivity contribution in [2.24, 2.45) is 0 Å². The third-order valence-electron chi connectivity index (χ3n) is 5.58. The molecule has 2 aliphatic rings. The van der Waals surface area contributed by atoms with E-state index in [1.807, 2.05) is 12.1 Å². The van der Waals surface area contributed by atoms with Crippen LogP contribution in [0.3, 0.4) is 0 Å². The van der Waals surface area contributed by atoms with E-state index in [9.17, 15) is 4.79 Å². The number of halogens is 2. The standard InChI is InChI=1S/C22H19Cl2N3OS/c23-14-6-7-15(17(24)10-14)20-25-21(28)19-16-8-9-27(11-13-4-2-1-3-5-13)12-18(16)29-22(19)26-20/h1-7,10,20,26H,8-9,11-12H2,(H,25,28)/p+1/t20-/m1/s1. The van der Waals surface area contributed by atoms with E-state index in [0.717, 1.165) is 42.2 Å². The van der Waals surface area contributed by atoms with Gasteiger partial charge in [0.2, 0.25) is 0 Å². The maximum absolute atomic E-state index is 12.9. The molecule has 3 aromatic rings. The Kier molecular flexibility index (Phi) is 5.00. The van der Waals surface area contributed by atoms with E-state index in [1.54, 1.807) is 23.5 Å². The van der Waals surface area contributed by atoms with Crippen molar-refractivity contribution in [3.63, 3.8) is 0 Å². The minimum atomic E-state index is -0.354. The first-order chi connectivity index (χ1) is 14.1. The summed E-state index contributed by atoms with van der Waals surface area (Å²) >= 11 is 14.1. The fourth-order valence-electron chi connectivity index (χ4n) is 4.18. The third kappa shape index (κ3) is 3.64. The number of thiophene rings is 1. The molecular formula is C22H20Cl2N3OS+. The van der Waals surface area contributed by atoms with Crippen LogP contribution < -0.4 is 15.5 Å². The van der Waals surface area contributed by atoms with Gasteiger partial charge in [0.05, 0.1) is 17.0 Å². The van der Waals surface area contributed by atoms with Gasteiger partial charge in [0.15, 0.2) is 0 Å². The van der Waals surface area contributed by atoms with Gasteiger partial charge in [-0.3, -0.25) is 4.79 Å². The fourth-order valence-corrected chi connectivity index (χ4v) is 6.04. The summed E-state index contributed by atoms with van der Waals surface area (Å²) in [7, 11) is 0. The number of quaternary nitrogens is 1. The van der Waals surface area contributed by atoms with E-state index in [0.29, 0.717) is 10.0 Å².